The number of aldehydes is 1. The van der Waals surface area contributed by atoms with Gasteiger partial charge in [-0.25, -0.2) is 4.57 Å². The van der Waals surface area contributed by atoms with Crippen LogP contribution in [0.5, 0.6) is 0 Å². The molecule has 9 N–H and O–H groups in total. The molecule has 0 rings (SSSR count). The number of aliphatic hydroxyl groups is 3. The van der Waals surface area contributed by atoms with E-state index >= 15 is 0 Å². The number of rotatable bonds is 6. The first-order valence-electron chi connectivity index (χ1n) is 3.47. The number of carbonyl (C=O) groups excluding carboxylic acids is 1. The number of hydrogen-bond donors (Lipinski definition) is 5. The molecule has 3 atom stereocenters. The van der Waals surface area contributed by atoms with Gasteiger partial charge in [0.1, 0.15) is 18.3 Å². The summed E-state index contributed by atoms with van der Waals surface area (Å²) < 4.78 is 14.0. The van der Waals surface area contributed by atoms with Crippen molar-refractivity contribution in [2.75, 3.05) is 6.61 Å². The molecule has 0 aliphatic rings. The van der Waals surface area contributed by atoms with Crippen molar-refractivity contribution >= 4 is 73.2 Å². The summed E-state index contributed by atoms with van der Waals surface area (Å²) in [7, 11) is -4.74. The van der Waals surface area contributed by atoms with Crippen LogP contribution in [0, 0.1) is 0 Å². The van der Waals surface area contributed by atoms with E-state index in [1.807, 2.05) is 0 Å². The molecular weight excluding hydrogens is 297 g/mol. The average molecular weight is 312 g/mol. The van der Waals surface area contributed by atoms with Crippen LogP contribution in [0.1, 0.15) is 0 Å². The molecule has 0 spiro atoms. The summed E-state index contributed by atoms with van der Waals surface area (Å²) in [5, 5.41) is 26.6. The predicted molar refractivity (Wildman–Crippen MR) is 60.8 cm³/mol. The van der Waals surface area contributed by atoms with Gasteiger partial charge in [0.15, 0.2) is 6.29 Å². The zero-order valence-corrected chi connectivity index (χ0v) is 14.8. The Kier molecular flexibility index (Phi) is 26.5. The minimum Gasteiger partial charge on any atom is -0.412 e. The molecule has 0 aromatic carbocycles. The van der Waals surface area contributed by atoms with E-state index in [9.17, 15) is 9.36 Å². The van der Waals surface area contributed by atoms with Gasteiger partial charge in [0.2, 0.25) is 0 Å². The third kappa shape index (κ3) is 15.6. The molecule has 0 unspecified atom stereocenters. The zero-order valence-electron chi connectivity index (χ0n) is 9.92. The Bertz CT molecular complexity index is 234. The summed E-state index contributed by atoms with van der Waals surface area (Å²) in [5.74, 6) is 0. The molecule has 0 aliphatic heterocycles. The van der Waals surface area contributed by atoms with Crippen LogP contribution in [0.15, 0.2) is 0 Å². The van der Waals surface area contributed by atoms with Crippen LogP contribution in [0.4, 0.5) is 0 Å². The van der Waals surface area contributed by atoms with Crippen LogP contribution >= 0.6 is 7.82 Å². The molecule has 2 radical (unpaired) electrons. The maximum Gasteiger partial charge on any atom is 0.469 e. The van der Waals surface area contributed by atoms with Crippen LogP contribution in [0.2, 0.25) is 0 Å². The summed E-state index contributed by atoms with van der Waals surface area (Å²) in [4.78, 5) is 26.4. The monoisotopic (exact) mass is 312 g/mol. The van der Waals surface area contributed by atoms with E-state index in [0.717, 1.165) is 0 Å². The fourth-order valence-electron chi connectivity index (χ4n) is 0.580. The first kappa shape index (κ1) is 31.8. The van der Waals surface area contributed by atoms with Crippen LogP contribution in [0.25, 0.3) is 0 Å². The molecule has 0 bridgehead atoms. The molecule has 102 valence electrons. The normalized spacial score (nSPS) is 14.5. The third-order valence-electron chi connectivity index (χ3n) is 1.30. The number of carbonyl (C=O) groups is 1. The van der Waals surface area contributed by atoms with Gasteiger partial charge >= 0.3 is 7.82 Å². The average Bonchev–Trinajstić information content (AvgIpc) is 2.10. The Morgan fingerprint density at radius 3 is 1.78 bits per heavy atom. The molecule has 10 nitrogen and oxygen atoms in total. The van der Waals surface area contributed by atoms with Crippen LogP contribution in [-0.2, 0) is 13.9 Å². The number of phosphoric acid groups is 1. The minimum absolute atomic E-state index is 0. The van der Waals surface area contributed by atoms with Crippen molar-refractivity contribution in [2.45, 2.75) is 18.3 Å². The summed E-state index contributed by atoms with van der Waals surface area (Å²) in [6.45, 7) is -0.893. The van der Waals surface area contributed by atoms with Crippen molar-refractivity contribution in [1.29, 1.82) is 0 Å². The quantitative estimate of drug-likeness (QED) is 0.182. The predicted octanol–water partition coefficient (Wildman–Crippen LogP) is -5.03. The summed E-state index contributed by atoms with van der Waals surface area (Å²) in [6.07, 6.45) is -5.46. The summed E-state index contributed by atoms with van der Waals surface area (Å²) in [6, 6.07) is 0. The fraction of sp³-hybridized carbons (Fsp3) is 0.800. The molecule has 0 aromatic heterocycles. The Balaban J connectivity index is -0.000000141. The van der Waals surface area contributed by atoms with E-state index in [4.69, 9.17) is 25.1 Å². The van der Waals surface area contributed by atoms with Gasteiger partial charge in [-0.3, -0.25) is 4.52 Å². The largest absolute Gasteiger partial charge is 0.469 e. The van der Waals surface area contributed by atoms with Crippen molar-refractivity contribution in [2.24, 2.45) is 0 Å². The topological polar surface area (TPSA) is 208 Å². The Hall–Kier alpha value is 1.58. The number of aliphatic hydroxyl groups excluding tert-OH is 3. The van der Waals surface area contributed by atoms with Crippen molar-refractivity contribution in [3.63, 3.8) is 0 Å². The second-order valence-electron chi connectivity index (χ2n) is 2.47. The standard InChI is InChI=1S/C5H11O8P.2Na.2H2O/c6-1-3(7)5(9)4(8)2-13-14(10,11)12;;;;/h1,3-5,7-9H,2H2,(H2,10,11,12);;;2*1H2/t3-,4+,5-;;;;/m0..../s1. The maximum absolute atomic E-state index is 10.1. The molecular formula is C5H15Na2O10P. The third-order valence-corrected chi connectivity index (χ3v) is 1.78. The van der Waals surface area contributed by atoms with Gasteiger partial charge in [0.05, 0.1) is 6.61 Å². The first-order valence-corrected chi connectivity index (χ1v) is 5.00. The molecule has 0 aliphatic carbocycles. The van der Waals surface area contributed by atoms with Crippen LogP contribution in [0.3, 0.4) is 0 Å². The van der Waals surface area contributed by atoms with Gasteiger partial charge in [-0.15, -0.1) is 0 Å². The van der Waals surface area contributed by atoms with Crippen LogP contribution in [-0.4, -0.2) is 126 Å². The fourth-order valence-corrected chi connectivity index (χ4v) is 0.927. The second-order valence-corrected chi connectivity index (χ2v) is 3.71. The van der Waals surface area contributed by atoms with Gasteiger partial charge in [-0.2, -0.15) is 0 Å². The van der Waals surface area contributed by atoms with E-state index in [1.165, 1.54) is 0 Å². The van der Waals surface area contributed by atoms with Gasteiger partial charge < -0.3 is 40.9 Å². The van der Waals surface area contributed by atoms with Gasteiger partial charge in [-0.05, 0) is 0 Å². The second kappa shape index (κ2) is 15.0. The van der Waals surface area contributed by atoms with Crippen molar-refractivity contribution in [3.05, 3.63) is 0 Å². The van der Waals surface area contributed by atoms with Crippen molar-refractivity contribution in [1.82, 2.24) is 0 Å². The Morgan fingerprint density at radius 2 is 1.50 bits per heavy atom. The summed E-state index contributed by atoms with van der Waals surface area (Å²) in [5.41, 5.74) is 0. The van der Waals surface area contributed by atoms with Gasteiger partial charge in [0, 0.05) is 59.1 Å². The van der Waals surface area contributed by atoms with Gasteiger partial charge in [-0.1, -0.05) is 0 Å². The molecule has 0 saturated heterocycles. The van der Waals surface area contributed by atoms with Crippen LogP contribution < -0.4 is 0 Å². The van der Waals surface area contributed by atoms with E-state index in [2.05, 4.69) is 4.52 Å². The zero-order chi connectivity index (χ0) is 11.4. The van der Waals surface area contributed by atoms with E-state index in [0.29, 0.717) is 0 Å². The summed E-state index contributed by atoms with van der Waals surface area (Å²) >= 11 is 0. The number of phosphoric ester groups is 1. The smallest absolute Gasteiger partial charge is 0.412 e. The Labute approximate surface area is 147 Å². The van der Waals surface area contributed by atoms with E-state index in [1.54, 1.807) is 0 Å². The molecule has 0 saturated carbocycles. The molecule has 0 aromatic rings. The number of hydrogen-bond acceptors (Lipinski definition) is 6. The molecule has 0 fully saturated rings. The van der Waals surface area contributed by atoms with E-state index < -0.39 is 32.7 Å². The van der Waals surface area contributed by atoms with E-state index in [-0.39, 0.29) is 76.4 Å². The minimum atomic E-state index is -4.74. The SMILES string of the molecule is O.O.O=C[C@H](O)[C@H](O)[C@H](O)COP(=O)(O)O.[Na].[Na]. The molecule has 0 amide bonds. The van der Waals surface area contributed by atoms with Crippen molar-refractivity contribution in [3.8, 4) is 0 Å². The molecule has 0 heterocycles. The maximum atomic E-state index is 10.1. The van der Waals surface area contributed by atoms with Gasteiger partial charge in [0.25, 0.3) is 0 Å². The van der Waals surface area contributed by atoms with Crippen molar-refractivity contribution < 1.29 is 49.9 Å². The molecule has 13 heteroatoms. The first-order chi connectivity index (χ1) is 6.28. The Morgan fingerprint density at radius 1 is 1.11 bits per heavy atom. The molecule has 18 heavy (non-hydrogen) atoms.